The van der Waals surface area contributed by atoms with E-state index in [0.717, 1.165) is 0 Å². The van der Waals surface area contributed by atoms with Crippen LogP contribution in [0.25, 0.3) is 24.3 Å². The molecule has 0 aromatic heterocycles. The second-order valence-corrected chi connectivity index (χ2v) is 124. The van der Waals surface area contributed by atoms with Gasteiger partial charge in [-0.3, -0.25) is 0 Å². The van der Waals surface area contributed by atoms with Gasteiger partial charge in [0.15, 0.2) is 0 Å². The Labute approximate surface area is 323 Å². The predicted octanol–water partition coefficient (Wildman–Crippen LogP) is 13.8. The molecule has 4 atom stereocenters. The van der Waals surface area contributed by atoms with E-state index in [4.69, 9.17) is 0 Å². The van der Waals surface area contributed by atoms with Crippen LogP contribution in [-0.4, -0.2) is 13.3 Å². The number of allylic oxidation sites excluding steroid dienone is 4. The van der Waals surface area contributed by atoms with Gasteiger partial charge in [0, 0.05) is 0 Å². The predicted molar refractivity (Wildman–Crippen MR) is 233 cm³/mol. The van der Waals surface area contributed by atoms with Crippen molar-refractivity contribution >= 4 is 71.6 Å². The SMILES string of the molecule is C[SiH2][Zr]([Cl])([Cl])([CH2][CH2][Zr]([Cl])([Cl])([SiH2]C)([CH]1C(C)=Cc2ccccc21)[CH]1C(C)=Cc2ccccc21)([CH]1C(C)=Cc2ccccc21)[CH]1C(C)=Cc2ccccc21. The molecule has 0 saturated carbocycles. The molecule has 0 aliphatic heterocycles. The molecule has 4 aliphatic carbocycles. The number of rotatable bonds is 9. The Hall–Kier alpha value is -0.800. The van der Waals surface area contributed by atoms with E-state index in [1.165, 1.54) is 66.8 Å². The van der Waals surface area contributed by atoms with Crippen molar-refractivity contribution in [1.29, 1.82) is 0 Å². The van der Waals surface area contributed by atoms with Gasteiger partial charge in [-0.25, -0.2) is 0 Å². The van der Waals surface area contributed by atoms with Crippen molar-refractivity contribution < 1.29 is 28.1 Å². The van der Waals surface area contributed by atoms with Crippen molar-refractivity contribution in [3.63, 3.8) is 0 Å². The molecule has 4 aromatic carbocycles. The molecule has 8 heteroatoms. The van der Waals surface area contributed by atoms with Crippen LogP contribution >= 0.6 is 34.1 Å². The average molecular weight is 959 g/mol. The van der Waals surface area contributed by atoms with Gasteiger partial charge in [-0.15, -0.1) is 0 Å². The molecular weight excluding hydrogens is 909 g/mol. The summed E-state index contributed by atoms with van der Waals surface area (Å²) in [6, 6.07) is 35.5. The Morgan fingerprint density at radius 2 is 0.615 bits per heavy atom. The van der Waals surface area contributed by atoms with E-state index in [-0.39, 0.29) is 14.5 Å². The van der Waals surface area contributed by atoms with Crippen LogP contribution in [-0.2, 0) is 28.1 Å². The summed E-state index contributed by atoms with van der Waals surface area (Å²) in [5.41, 5.74) is 15.5. The van der Waals surface area contributed by atoms with Crippen LogP contribution < -0.4 is 0 Å². The van der Waals surface area contributed by atoms with E-state index in [2.05, 4.69) is 162 Å². The Morgan fingerprint density at radius 1 is 0.404 bits per heavy atom. The first-order valence-corrected chi connectivity index (χ1v) is 55.7. The number of fused-ring (bicyclic) bond motifs is 4. The molecule has 0 spiro atoms. The maximum atomic E-state index is 9.32. The number of halogens is 4. The molecule has 0 N–H and O–H groups in total. The minimum absolute atomic E-state index is 0.0290. The van der Waals surface area contributed by atoms with Gasteiger partial charge < -0.3 is 0 Å². The summed E-state index contributed by atoms with van der Waals surface area (Å²) in [6.45, 7) is 11.8. The van der Waals surface area contributed by atoms with Crippen molar-refractivity contribution in [2.45, 2.75) is 63.5 Å². The summed E-state index contributed by atoms with van der Waals surface area (Å²) in [5.74, 6) is 0. The minimum atomic E-state index is -5.83. The fraction of sp³-hybridized carbons (Fsp3) is 0.273. The van der Waals surface area contributed by atoms with Crippen LogP contribution in [0.2, 0.25) is 21.4 Å². The zero-order valence-electron chi connectivity index (χ0n) is 31.2. The molecule has 0 heterocycles. The van der Waals surface area contributed by atoms with Gasteiger partial charge in [0.2, 0.25) is 0 Å². The van der Waals surface area contributed by atoms with Crippen molar-refractivity contribution in [2.75, 3.05) is 0 Å². The normalized spacial score (nSPS) is 25.0. The van der Waals surface area contributed by atoms with Gasteiger partial charge in [-0.05, 0) is 0 Å². The van der Waals surface area contributed by atoms with E-state index in [0.29, 0.717) is 8.26 Å². The quantitative estimate of drug-likeness (QED) is 0.147. The maximum absolute atomic E-state index is 9.32. The van der Waals surface area contributed by atoms with Crippen LogP contribution in [0.15, 0.2) is 119 Å². The van der Waals surface area contributed by atoms with E-state index in [1.807, 2.05) is 0 Å². The molecule has 0 bridgehead atoms. The number of benzene rings is 4. The van der Waals surface area contributed by atoms with Crippen molar-refractivity contribution in [1.82, 2.24) is 0 Å². The second kappa shape index (κ2) is 11.9. The molecule has 0 amide bonds. The van der Waals surface area contributed by atoms with Gasteiger partial charge >= 0.3 is 327 Å². The summed E-state index contributed by atoms with van der Waals surface area (Å²) in [6.07, 6.45) is 9.50. The summed E-state index contributed by atoms with van der Waals surface area (Å²) < 4.78 is 1.31. The average Bonchev–Trinajstić information content (AvgIpc) is 3.87. The zero-order valence-corrected chi connectivity index (χ0v) is 42.0. The fourth-order valence-corrected chi connectivity index (χ4v) is 135. The number of hydrogen-bond acceptors (Lipinski definition) is 0. The molecule has 0 saturated heterocycles. The standard InChI is InChI=1S/4C10H9.C2H4.2CH5Si.4ClH.2Zr/c4*1-8-6-9-4-2-3-5-10(9)7-8;3*1-2;;;;;;/h4*2-7H,1H3;1-2H2;2*2H2,1H3;4*1H;;/q;;;;;;;;;;;2*+2/p-4. The summed E-state index contributed by atoms with van der Waals surface area (Å²) in [4.78, 5) is 0. The van der Waals surface area contributed by atoms with Crippen LogP contribution in [0.5, 0.6) is 0 Å². The van der Waals surface area contributed by atoms with E-state index in [1.54, 1.807) is 0 Å². The van der Waals surface area contributed by atoms with E-state index < -0.39 is 41.4 Å². The third-order valence-electron chi connectivity index (χ3n) is 15.0. The van der Waals surface area contributed by atoms with Crippen LogP contribution in [0, 0.1) is 0 Å². The Morgan fingerprint density at radius 3 is 0.827 bits per heavy atom. The van der Waals surface area contributed by atoms with Crippen LogP contribution in [0.1, 0.15) is 86.7 Å². The molecule has 0 fully saturated rings. The van der Waals surface area contributed by atoms with Crippen LogP contribution in [0.4, 0.5) is 0 Å². The molecule has 4 aromatic rings. The first-order chi connectivity index (χ1) is 24.5. The van der Waals surface area contributed by atoms with E-state index >= 15 is 0 Å². The second-order valence-electron chi connectivity index (χ2n) is 17.6. The monoisotopic (exact) mass is 954 g/mol. The first-order valence-electron chi connectivity index (χ1n) is 19.2. The van der Waals surface area contributed by atoms with Gasteiger partial charge in [-0.1, -0.05) is 0 Å². The third kappa shape index (κ3) is 4.93. The van der Waals surface area contributed by atoms with Gasteiger partial charge in [-0.2, -0.15) is 0 Å². The molecule has 4 unspecified atom stereocenters. The molecule has 270 valence electrons. The molecule has 52 heavy (non-hydrogen) atoms. The summed E-state index contributed by atoms with van der Waals surface area (Å²) >= 11 is -11.7. The molecule has 0 nitrogen and oxygen atoms in total. The number of hydrogen-bond donors (Lipinski definition) is 0. The van der Waals surface area contributed by atoms with Gasteiger partial charge in [0.25, 0.3) is 0 Å². The molecular formula is C44H50Cl4Si2Zr2. The molecule has 0 radical (unpaired) electrons. The topological polar surface area (TPSA) is 0 Å². The van der Waals surface area contributed by atoms with Crippen LogP contribution in [0.3, 0.4) is 0 Å². The van der Waals surface area contributed by atoms with E-state index in [9.17, 15) is 34.1 Å². The molecule has 8 rings (SSSR count). The summed E-state index contributed by atoms with van der Waals surface area (Å²) in [7, 11) is 37.3. The Bertz CT molecular complexity index is 2060. The third-order valence-corrected chi connectivity index (χ3v) is 127. The first kappa shape index (κ1) is 38.1. The summed E-state index contributed by atoms with van der Waals surface area (Å²) in [5, 5.41) is 0. The Balaban J connectivity index is 1.46. The van der Waals surface area contributed by atoms with Gasteiger partial charge in [0.05, 0.1) is 0 Å². The molecule has 4 aliphatic rings. The zero-order chi connectivity index (χ0) is 37.0. The van der Waals surface area contributed by atoms with Crippen molar-refractivity contribution in [2.24, 2.45) is 0 Å². The fourth-order valence-electron chi connectivity index (χ4n) is 12.9. The Kier molecular flexibility index (Phi) is 8.69. The van der Waals surface area contributed by atoms with Gasteiger partial charge in [0.1, 0.15) is 0 Å². The van der Waals surface area contributed by atoms with Crippen molar-refractivity contribution in [3.05, 3.63) is 164 Å². The van der Waals surface area contributed by atoms with Crippen molar-refractivity contribution in [3.8, 4) is 0 Å².